The Morgan fingerprint density at radius 2 is 1.80 bits per heavy atom. The van der Waals surface area contributed by atoms with Crippen LogP contribution in [0.3, 0.4) is 0 Å². The highest BCUT2D eigenvalue weighted by atomic mass is 16.2. The normalized spacial score (nSPS) is 12.0. The molecule has 2 aromatic carbocycles. The van der Waals surface area contributed by atoms with Crippen molar-refractivity contribution in [2.75, 3.05) is 0 Å². The predicted molar refractivity (Wildman–Crippen MR) is 95.6 cm³/mol. The Labute approximate surface area is 145 Å². The van der Waals surface area contributed by atoms with E-state index < -0.39 is 11.9 Å². The van der Waals surface area contributed by atoms with Crippen molar-refractivity contribution in [3.05, 3.63) is 66.5 Å². The number of fused-ring (bicyclic) bond motifs is 1. The molecular formula is C19H20N4O2. The minimum absolute atomic E-state index is 0.211. The first-order valence-electron chi connectivity index (χ1n) is 8.16. The Balaban J connectivity index is 1.59. The van der Waals surface area contributed by atoms with Crippen LogP contribution in [-0.4, -0.2) is 27.4 Å². The molecule has 128 valence electrons. The van der Waals surface area contributed by atoms with Crippen LogP contribution in [0.5, 0.6) is 0 Å². The molecule has 0 unspecified atom stereocenters. The quantitative estimate of drug-likeness (QED) is 0.687. The molecule has 25 heavy (non-hydrogen) atoms. The molecule has 2 amide bonds. The van der Waals surface area contributed by atoms with E-state index in [1.165, 1.54) is 0 Å². The number of hydrogen-bond acceptors (Lipinski definition) is 3. The van der Waals surface area contributed by atoms with E-state index in [2.05, 4.69) is 10.3 Å². The van der Waals surface area contributed by atoms with Gasteiger partial charge in [-0.1, -0.05) is 42.5 Å². The highest BCUT2D eigenvalue weighted by molar-refractivity contribution is 5.86. The number of nitrogens with zero attached hydrogens (tertiary/aromatic N) is 2. The van der Waals surface area contributed by atoms with E-state index in [0.29, 0.717) is 13.0 Å². The van der Waals surface area contributed by atoms with Gasteiger partial charge in [-0.2, -0.15) is 0 Å². The molecular weight excluding hydrogens is 316 g/mol. The van der Waals surface area contributed by atoms with Gasteiger partial charge < -0.3 is 15.6 Å². The Kier molecular flexibility index (Phi) is 5.09. The van der Waals surface area contributed by atoms with Crippen molar-refractivity contribution in [2.24, 2.45) is 5.73 Å². The monoisotopic (exact) mass is 336 g/mol. The SMILES string of the molecule is NC(=O)[C@H](Cc1ccccc1)NC(=O)CCn1cnc2ccccc21. The zero-order chi connectivity index (χ0) is 17.6. The lowest BCUT2D eigenvalue weighted by molar-refractivity contribution is -0.127. The summed E-state index contributed by atoms with van der Waals surface area (Å²) >= 11 is 0. The first-order valence-corrected chi connectivity index (χ1v) is 8.16. The van der Waals surface area contributed by atoms with Crippen LogP contribution < -0.4 is 11.1 Å². The largest absolute Gasteiger partial charge is 0.368 e. The fourth-order valence-electron chi connectivity index (χ4n) is 2.75. The summed E-state index contributed by atoms with van der Waals surface area (Å²) < 4.78 is 1.92. The van der Waals surface area contributed by atoms with Gasteiger partial charge >= 0.3 is 0 Å². The molecule has 0 fully saturated rings. The Morgan fingerprint density at radius 3 is 2.56 bits per heavy atom. The summed E-state index contributed by atoms with van der Waals surface area (Å²) in [6.45, 7) is 0.489. The van der Waals surface area contributed by atoms with Crippen LogP contribution in [0, 0.1) is 0 Å². The van der Waals surface area contributed by atoms with Crippen molar-refractivity contribution in [3.8, 4) is 0 Å². The number of amides is 2. The second-order valence-electron chi connectivity index (χ2n) is 5.89. The van der Waals surface area contributed by atoms with Gasteiger partial charge in [-0.25, -0.2) is 4.98 Å². The standard InChI is InChI=1S/C19H20N4O2/c20-19(25)16(12-14-6-2-1-3-7-14)22-18(24)10-11-23-13-21-15-8-4-5-9-17(15)23/h1-9,13,16H,10-12H2,(H2,20,25)(H,22,24)/t16-/m0/s1. The maximum absolute atomic E-state index is 12.2. The summed E-state index contributed by atoms with van der Waals surface area (Å²) in [6, 6.07) is 16.5. The number of aromatic nitrogens is 2. The van der Waals surface area contributed by atoms with Gasteiger partial charge in [0.25, 0.3) is 0 Å². The van der Waals surface area contributed by atoms with Crippen molar-refractivity contribution >= 4 is 22.8 Å². The zero-order valence-corrected chi connectivity index (χ0v) is 13.8. The number of aryl methyl sites for hydroxylation is 1. The van der Waals surface area contributed by atoms with E-state index in [-0.39, 0.29) is 12.3 Å². The molecule has 3 N–H and O–H groups in total. The lowest BCUT2D eigenvalue weighted by atomic mass is 10.1. The molecule has 0 saturated carbocycles. The van der Waals surface area contributed by atoms with Crippen molar-refractivity contribution in [3.63, 3.8) is 0 Å². The molecule has 0 aliphatic carbocycles. The molecule has 0 radical (unpaired) electrons. The summed E-state index contributed by atoms with van der Waals surface area (Å²) in [6.07, 6.45) is 2.35. The molecule has 1 heterocycles. The zero-order valence-electron chi connectivity index (χ0n) is 13.8. The number of carbonyl (C=O) groups is 2. The van der Waals surface area contributed by atoms with Gasteiger partial charge in [0.15, 0.2) is 0 Å². The number of nitrogens with two attached hydrogens (primary N) is 1. The van der Waals surface area contributed by atoms with E-state index in [9.17, 15) is 9.59 Å². The van der Waals surface area contributed by atoms with Crippen LogP contribution >= 0.6 is 0 Å². The Hall–Kier alpha value is -3.15. The van der Waals surface area contributed by atoms with Crippen molar-refractivity contribution in [2.45, 2.75) is 25.4 Å². The fourth-order valence-corrected chi connectivity index (χ4v) is 2.75. The number of benzene rings is 2. The third-order valence-corrected chi connectivity index (χ3v) is 4.07. The lowest BCUT2D eigenvalue weighted by Crippen LogP contribution is -2.46. The first-order chi connectivity index (χ1) is 12.1. The molecule has 1 atom stereocenters. The van der Waals surface area contributed by atoms with Crippen LogP contribution in [0.25, 0.3) is 11.0 Å². The van der Waals surface area contributed by atoms with Gasteiger partial charge in [0, 0.05) is 19.4 Å². The topological polar surface area (TPSA) is 90.0 Å². The first kappa shape index (κ1) is 16.7. The summed E-state index contributed by atoms with van der Waals surface area (Å²) in [4.78, 5) is 28.2. The van der Waals surface area contributed by atoms with Gasteiger partial charge in [0.1, 0.15) is 6.04 Å². The molecule has 6 nitrogen and oxygen atoms in total. The summed E-state index contributed by atoms with van der Waals surface area (Å²) in [5, 5.41) is 2.73. The minimum Gasteiger partial charge on any atom is -0.368 e. The third-order valence-electron chi connectivity index (χ3n) is 4.07. The maximum Gasteiger partial charge on any atom is 0.240 e. The van der Waals surface area contributed by atoms with Crippen LogP contribution in [-0.2, 0) is 22.6 Å². The number of nitrogens with one attached hydrogen (secondary N) is 1. The number of imidazole rings is 1. The van der Waals surface area contributed by atoms with Gasteiger partial charge in [0.2, 0.25) is 11.8 Å². The van der Waals surface area contributed by atoms with Gasteiger partial charge in [-0.15, -0.1) is 0 Å². The van der Waals surface area contributed by atoms with Crippen LogP contribution in [0.1, 0.15) is 12.0 Å². The van der Waals surface area contributed by atoms with Crippen LogP contribution in [0.4, 0.5) is 0 Å². The molecule has 6 heteroatoms. The third kappa shape index (κ3) is 4.23. The van der Waals surface area contributed by atoms with Gasteiger partial charge in [-0.05, 0) is 17.7 Å². The minimum atomic E-state index is -0.713. The highest BCUT2D eigenvalue weighted by Crippen LogP contribution is 2.12. The van der Waals surface area contributed by atoms with E-state index >= 15 is 0 Å². The molecule has 1 aromatic heterocycles. The smallest absolute Gasteiger partial charge is 0.240 e. The van der Waals surface area contributed by atoms with E-state index in [1.54, 1.807) is 6.33 Å². The predicted octanol–water partition coefficient (Wildman–Crippen LogP) is 1.64. The number of rotatable bonds is 7. The summed E-state index contributed by atoms with van der Waals surface area (Å²) in [5.41, 5.74) is 8.25. The average molecular weight is 336 g/mol. The van der Waals surface area contributed by atoms with E-state index in [1.807, 2.05) is 59.2 Å². The Bertz CT molecular complexity index is 873. The van der Waals surface area contributed by atoms with Gasteiger partial charge in [0.05, 0.1) is 17.4 Å². The van der Waals surface area contributed by atoms with Crippen LogP contribution in [0.2, 0.25) is 0 Å². The van der Waals surface area contributed by atoms with E-state index in [4.69, 9.17) is 5.73 Å². The molecule has 3 rings (SSSR count). The van der Waals surface area contributed by atoms with E-state index in [0.717, 1.165) is 16.6 Å². The lowest BCUT2D eigenvalue weighted by Gasteiger charge is -2.16. The molecule has 3 aromatic rings. The summed E-state index contributed by atoms with van der Waals surface area (Å²) in [5.74, 6) is -0.747. The Morgan fingerprint density at radius 1 is 1.08 bits per heavy atom. The fraction of sp³-hybridized carbons (Fsp3) is 0.211. The maximum atomic E-state index is 12.2. The number of hydrogen-bond donors (Lipinski definition) is 2. The second-order valence-corrected chi connectivity index (χ2v) is 5.89. The van der Waals surface area contributed by atoms with Crippen molar-refractivity contribution in [1.82, 2.24) is 14.9 Å². The molecule has 0 aliphatic rings. The van der Waals surface area contributed by atoms with Crippen LogP contribution in [0.15, 0.2) is 60.9 Å². The number of carbonyl (C=O) groups excluding carboxylic acids is 2. The van der Waals surface area contributed by atoms with Crippen molar-refractivity contribution < 1.29 is 9.59 Å². The molecule has 0 saturated heterocycles. The highest BCUT2D eigenvalue weighted by Gasteiger charge is 2.18. The molecule has 0 bridgehead atoms. The molecule has 0 aliphatic heterocycles. The van der Waals surface area contributed by atoms with Gasteiger partial charge in [-0.3, -0.25) is 9.59 Å². The van der Waals surface area contributed by atoms with Crippen molar-refractivity contribution in [1.29, 1.82) is 0 Å². The molecule has 0 spiro atoms. The number of primary amides is 1. The average Bonchev–Trinajstić information content (AvgIpc) is 3.03. The second kappa shape index (κ2) is 7.61. The number of para-hydroxylation sites is 2. The summed E-state index contributed by atoms with van der Waals surface area (Å²) in [7, 11) is 0.